The SMILES string of the molecule is C[C@H](NC(=O)C(c1ccccc1)(c1ccccc1)c1ccccc1)C(C)(C)C. The Morgan fingerprint density at radius 2 is 1.00 bits per heavy atom. The average Bonchev–Trinajstić information content (AvgIpc) is 2.70. The van der Waals surface area contributed by atoms with Crippen LogP contribution in [0.4, 0.5) is 0 Å². The number of benzene rings is 3. The van der Waals surface area contributed by atoms with Gasteiger partial charge in [-0.25, -0.2) is 0 Å². The summed E-state index contributed by atoms with van der Waals surface area (Å²) in [5.74, 6) is -0.00137. The zero-order valence-corrected chi connectivity index (χ0v) is 17.1. The van der Waals surface area contributed by atoms with E-state index in [1.54, 1.807) is 0 Å². The summed E-state index contributed by atoms with van der Waals surface area (Å²) in [5.41, 5.74) is 1.94. The van der Waals surface area contributed by atoms with Crippen molar-refractivity contribution in [2.24, 2.45) is 5.41 Å². The van der Waals surface area contributed by atoms with Crippen molar-refractivity contribution in [1.29, 1.82) is 0 Å². The van der Waals surface area contributed by atoms with Gasteiger partial charge in [0.1, 0.15) is 5.41 Å². The maximum absolute atomic E-state index is 14.0. The van der Waals surface area contributed by atoms with E-state index >= 15 is 0 Å². The number of carbonyl (C=O) groups is 1. The molecule has 0 unspecified atom stereocenters. The lowest BCUT2D eigenvalue weighted by Gasteiger charge is -2.37. The van der Waals surface area contributed by atoms with E-state index in [1.165, 1.54) is 0 Å². The highest BCUT2D eigenvalue weighted by Gasteiger charge is 2.44. The molecule has 3 aromatic rings. The summed E-state index contributed by atoms with van der Waals surface area (Å²) in [6, 6.07) is 30.2. The van der Waals surface area contributed by atoms with Gasteiger partial charge in [-0.2, -0.15) is 0 Å². The van der Waals surface area contributed by atoms with E-state index in [2.05, 4.69) is 33.0 Å². The van der Waals surface area contributed by atoms with Gasteiger partial charge < -0.3 is 5.32 Å². The van der Waals surface area contributed by atoms with Crippen LogP contribution in [-0.2, 0) is 10.2 Å². The Morgan fingerprint density at radius 1 is 0.679 bits per heavy atom. The number of amides is 1. The fourth-order valence-corrected chi connectivity index (χ4v) is 3.48. The largest absolute Gasteiger partial charge is 0.352 e. The summed E-state index contributed by atoms with van der Waals surface area (Å²) in [7, 11) is 0. The first-order chi connectivity index (χ1) is 13.4. The van der Waals surface area contributed by atoms with Crippen molar-refractivity contribution in [3.05, 3.63) is 108 Å². The molecule has 0 saturated heterocycles. The highest BCUT2D eigenvalue weighted by atomic mass is 16.2. The summed E-state index contributed by atoms with van der Waals surface area (Å²) < 4.78 is 0. The monoisotopic (exact) mass is 371 g/mol. The standard InChI is InChI=1S/C26H29NO/c1-20(25(2,3)4)27-24(28)26(21-14-8-5-9-15-21,22-16-10-6-11-17-22)23-18-12-7-13-19-23/h5-20H,1-4H3,(H,27,28)/t20-/m0/s1. The highest BCUT2D eigenvalue weighted by Crippen LogP contribution is 2.40. The summed E-state index contributed by atoms with van der Waals surface area (Å²) in [6.07, 6.45) is 0. The van der Waals surface area contributed by atoms with Crippen LogP contribution in [0.2, 0.25) is 0 Å². The van der Waals surface area contributed by atoms with Crippen molar-refractivity contribution < 1.29 is 4.79 Å². The van der Waals surface area contributed by atoms with Gasteiger partial charge in [0.05, 0.1) is 0 Å². The maximum atomic E-state index is 14.0. The van der Waals surface area contributed by atoms with Crippen molar-refractivity contribution >= 4 is 5.91 Å². The number of rotatable bonds is 5. The first kappa shape index (κ1) is 19.9. The van der Waals surface area contributed by atoms with Gasteiger partial charge in [-0.05, 0) is 29.0 Å². The highest BCUT2D eigenvalue weighted by molar-refractivity contribution is 5.96. The number of carbonyl (C=O) groups excluding carboxylic acids is 1. The summed E-state index contributed by atoms with van der Waals surface area (Å²) in [6.45, 7) is 8.51. The van der Waals surface area contributed by atoms with Crippen LogP contribution in [0, 0.1) is 5.41 Å². The zero-order chi connectivity index (χ0) is 20.2. The second kappa shape index (κ2) is 8.02. The van der Waals surface area contributed by atoms with E-state index in [0.29, 0.717) is 0 Å². The Labute approximate surface area is 168 Å². The number of hydrogen-bond acceptors (Lipinski definition) is 1. The molecule has 0 fully saturated rings. The molecule has 1 N–H and O–H groups in total. The lowest BCUT2D eigenvalue weighted by atomic mass is 9.68. The van der Waals surface area contributed by atoms with Gasteiger partial charge in [-0.15, -0.1) is 0 Å². The normalized spacial score (nSPS) is 13.0. The van der Waals surface area contributed by atoms with Crippen molar-refractivity contribution in [3.63, 3.8) is 0 Å². The van der Waals surface area contributed by atoms with Crippen LogP contribution < -0.4 is 5.32 Å². The fraction of sp³-hybridized carbons (Fsp3) is 0.269. The maximum Gasteiger partial charge on any atom is 0.239 e. The first-order valence-corrected chi connectivity index (χ1v) is 9.84. The lowest BCUT2D eigenvalue weighted by molar-refractivity contribution is -0.125. The minimum absolute atomic E-state index is 0.00137. The van der Waals surface area contributed by atoms with Crippen LogP contribution in [0.25, 0.3) is 0 Å². The average molecular weight is 372 g/mol. The molecule has 1 atom stereocenters. The molecule has 3 rings (SSSR count). The van der Waals surface area contributed by atoms with Crippen molar-refractivity contribution in [3.8, 4) is 0 Å². The Balaban J connectivity index is 2.27. The van der Waals surface area contributed by atoms with Crippen LogP contribution in [0.15, 0.2) is 91.0 Å². The molecule has 0 spiro atoms. The van der Waals surface area contributed by atoms with Gasteiger partial charge in [0.2, 0.25) is 5.91 Å². The van der Waals surface area contributed by atoms with Crippen LogP contribution in [0.5, 0.6) is 0 Å². The molecule has 1 amide bonds. The molecule has 0 heterocycles. The van der Waals surface area contributed by atoms with Gasteiger partial charge in [0, 0.05) is 6.04 Å². The van der Waals surface area contributed by atoms with Crippen molar-refractivity contribution in [2.45, 2.75) is 39.2 Å². The predicted octanol–water partition coefficient (Wildman–Crippen LogP) is 5.57. The quantitative estimate of drug-likeness (QED) is 0.584. The molecule has 144 valence electrons. The molecule has 3 aromatic carbocycles. The molecule has 2 heteroatoms. The third kappa shape index (κ3) is 3.73. The third-order valence-electron chi connectivity index (χ3n) is 5.61. The van der Waals surface area contributed by atoms with Gasteiger partial charge in [-0.3, -0.25) is 4.79 Å². The molecule has 2 nitrogen and oxygen atoms in total. The van der Waals surface area contributed by atoms with E-state index in [4.69, 9.17) is 0 Å². The lowest BCUT2D eigenvalue weighted by Crippen LogP contribution is -2.52. The van der Waals surface area contributed by atoms with Crippen molar-refractivity contribution in [2.75, 3.05) is 0 Å². The molecule has 0 radical (unpaired) electrons. The topological polar surface area (TPSA) is 29.1 Å². The molecule has 28 heavy (non-hydrogen) atoms. The number of nitrogens with one attached hydrogen (secondary N) is 1. The Kier molecular flexibility index (Phi) is 5.69. The van der Waals surface area contributed by atoms with Crippen LogP contribution in [0.3, 0.4) is 0 Å². The smallest absolute Gasteiger partial charge is 0.239 e. The van der Waals surface area contributed by atoms with Gasteiger partial charge >= 0.3 is 0 Å². The number of hydrogen-bond donors (Lipinski definition) is 1. The Bertz CT molecular complexity index is 799. The van der Waals surface area contributed by atoms with E-state index < -0.39 is 5.41 Å². The van der Waals surface area contributed by atoms with Crippen LogP contribution in [-0.4, -0.2) is 11.9 Å². The first-order valence-electron chi connectivity index (χ1n) is 9.84. The fourth-order valence-electron chi connectivity index (χ4n) is 3.48. The molecular weight excluding hydrogens is 342 g/mol. The van der Waals surface area contributed by atoms with Crippen LogP contribution >= 0.6 is 0 Å². The van der Waals surface area contributed by atoms with Crippen LogP contribution in [0.1, 0.15) is 44.4 Å². The summed E-state index contributed by atoms with van der Waals surface area (Å²) in [4.78, 5) is 14.0. The van der Waals surface area contributed by atoms with E-state index in [1.807, 2.05) is 91.0 Å². The van der Waals surface area contributed by atoms with E-state index in [0.717, 1.165) is 16.7 Å². The third-order valence-corrected chi connectivity index (χ3v) is 5.61. The predicted molar refractivity (Wildman–Crippen MR) is 116 cm³/mol. The molecule has 0 aromatic heterocycles. The molecule has 0 saturated carbocycles. The molecule has 0 aliphatic rings. The molecule has 0 aliphatic heterocycles. The van der Waals surface area contributed by atoms with E-state index in [-0.39, 0.29) is 17.4 Å². The Morgan fingerprint density at radius 3 is 1.29 bits per heavy atom. The van der Waals surface area contributed by atoms with Gasteiger partial charge in [0.25, 0.3) is 0 Å². The summed E-state index contributed by atoms with van der Waals surface area (Å²) in [5, 5.41) is 3.32. The van der Waals surface area contributed by atoms with Gasteiger partial charge in [0.15, 0.2) is 0 Å². The second-order valence-electron chi connectivity index (χ2n) is 8.41. The second-order valence-corrected chi connectivity index (χ2v) is 8.41. The molecule has 0 aliphatic carbocycles. The zero-order valence-electron chi connectivity index (χ0n) is 17.1. The Hall–Kier alpha value is -2.87. The van der Waals surface area contributed by atoms with Gasteiger partial charge in [-0.1, -0.05) is 112 Å². The van der Waals surface area contributed by atoms with Crippen molar-refractivity contribution in [1.82, 2.24) is 5.32 Å². The molecular formula is C26H29NO. The minimum Gasteiger partial charge on any atom is -0.352 e. The molecule has 0 bridgehead atoms. The summed E-state index contributed by atoms with van der Waals surface area (Å²) >= 11 is 0. The van der Waals surface area contributed by atoms with E-state index in [9.17, 15) is 4.79 Å². The minimum atomic E-state index is -0.913.